The number of carboxylic acid groups (broad SMARTS) is 1. The highest BCUT2D eigenvalue weighted by molar-refractivity contribution is 6.08. The molecule has 0 atom stereocenters. The zero-order valence-electron chi connectivity index (χ0n) is 10.6. The molecule has 1 aromatic carbocycles. The Kier molecular flexibility index (Phi) is 3.65. The minimum absolute atomic E-state index is 0.0361. The lowest BCUT2D eigenvalue weighted by Gasteiger charge is -2.10. The van der Waals surface area contributed by atoms with Crippen LogP contribution in [0.2, 0.25) is 0 Å². The van der Waals surface area contributed by atoms with Crippen LogP contribution in [0, 0.1) is 6.92 Å². The Morgan fingerprint density at radius 3 is 2.65 bits per heavy atom. The minimum atomic E-state index is -1.12. The molecule has 102 valence electrons. The van der Waals surface area contributed by atoms with Crippen molar-refractivity contribution in [3.8, 4) is 5.75 Å². The number of benzene rings is 1. The summed E-state index contributed by atoms with van der Waals surface area (Å²) >= 11 is 0. The Bertz CT molecular complexity index is 683. The van der Waals surface area contributed by atoms with E-state index in [1.807, 2.05) is 0 Å². The average Bonchev–Trinajstić information content (AvgIpc) is 2.38. The van der Waals surface area contributed by atoms with Gasteiger partial charge in [-0.1, -0.05) is 12.1 Å². The lowest BCUT2D eigenvalue weighted by Crippen LogP contribution is -2.15. The molecule has 0 fully saturated rings. The van der Waals surface area contributed by atoms with Crippen LogP contribution in [0.25, 0.3) is 0 Å². The summed E-state index contributed by atoms with van der Waals surface area (Å²) in [5.74, 6) is -1.80. The largest absolute Gasteiger partial charge is 0.506 e. The first-order valence-corrected chi connectivity index (χ1v) is 5.77. The Hall–Kier alpha value is -2.89. The van der Waals surface area contributed by atoms with Crippen LogP contribution < -0.4 is 5.32 Å². The van der Waals surface area contributed by atoms with E-state index >= 15 is 0 Å². The summed E-state index contributed by atoms with van der Waals surface area (Å²) < 4.78 is 0. The van der Waals surface area contributed by atoms with Crippen molar-refractivity contribution in [2.75, 3.05) is 5.32 Å². The predicted octanol–water partition coefficient (Wildman–Crippen LogP) is 2.05. The Balaban J connectivity index is 2.33. The van der Waals surface area contributed by atoms with E-state index in [2.05, 4.69) is 10.3 Å². The van der Waals surface area contributed by atoms with Gasteiger partial charge in [0.2, 0.25) is 0 Å². The molecule has 20 heavy (non-hydrogen) atoms. The van der Waals surface area contributed by atoms with E-state index in [9.17, 15) is 19.8 Å². The molecule has 0 radical (unpaired) electrons. The van der Waals surface area contributed by atoms with Crippen LogP contribution in [0.15, 0.2) is 36.7 Å². The van der Waals surface area contributed by atoms with Gasteiger partial charge in [0.05, 0.1) is 23.0 Å². The number of anilines is 1. The van der Waals surface area contributed by atoms with Gasteiger partial charge in [0.25, 0.3) is 5.91 Å². The molecular formula is C14H12N2O4. The Labute approximate surface area is 114 Å². The van der Waals surface area contributed by atoms with E-state index < -0.39 is 11.9 Å². The lowest BCUT2D eigenvalue weighted by molar-refractivity contribution is 0.0697. The van der Waals surface area contributed by atoms with Crippen molar-refractivity contribution in [3.63, 3.8) is 0 Å². The van der Waals surface area contributed by atoms with Crippen molar-refractivity contribution in [2.45, 2.75) is 6.92 Å². The molecule has 1 aromatic heterocycles. The number of aromatic nitrogens is 1. The van der Waals surface area contributed by atoms with Gasteiger partial charge in [0.1, 0.15) is 5.75 Å². The third-order valence-electron chi connectivity index (χ3n) is 2.72. The van der Waals surface area contributed by atoms with E-state index in [1.165, 1.54) is 24.5 Å². The number of carboxylic acids is 1. The van der Waals surface area contributed by atoms with E-state index in [1.54, 1.807) is 19.1 Å². The molecule has 0 unspecified atom stereocenters. The molecule has 0 saturated heterocycles. The molecule has 0 saturated carbocycles. The molecule has 0 aliphatic carbocycles. The predicted molar refractivity (Wildman–Crippen MR) is 72.0 cm³/mol. The highest BCUT2D eigenvalue weighted by atomic mass is 16.4. The highest BCUT2D eigenvalue weighted by Crippen LogP contribution is 2.20. The van der Waals surface area contributed by atoms with E-state index in [-0.39, 0.29) is 22.6 Å². The van der Waals surface area contributed by atoms with E-state index in [0.717, 1.165) is 0 Å². The minimum Gasteiger partial charge on any atom is -0.506 e. The SMILES string of the molecule is Cc1cccc(NC(=O)c2cncc(O)c2)c1C(=O)O. The maximum atomic E-state index is 12.0. The summed E-state index contributed by atoms with van der Waals surface area (Å²) in [5.41, 5.74) is 0.923. The maximum absolute atomic E-state index is 12.0. The summed E-state index contributed by atoms with van der Waals surface area (Å²) in [5, 5.41) is 21.0. The number of aromatic hydroxyl groups is 1. The Morgan fingerprint density at radius 2 is 2.00 bits per heavy atom. The number of rotatable bonds is 3. The van der Waals surface area contributed by atoms with Crippen molar-refractivity contribution in [3.05, 3.63) is 53.3 Å². The maximum Gasteiger partial charge on any atom is 0.338 e. The zero-order chi connectivity index (χ0) is 14.7. The van der Waals surface area contributed by atoms with Crippen molar-refractivity contribution in [1.29, 1.82) is 0 Å². The zero-order valence-corrected chi connectivity index (χ0v) is 10.6. The van der Waals surface area contributed by atoms with Gasteiger partial charge in [-0.25, -0.2) is 4.79 Å². The van der Waals surface area contributed by atoms with Gasteiger partial charge in [-0.3, -0.25) is 9.78 Å². The second-order valence-corrected chi connectivity index (χ2v) is 4.19. The van der Waals surface area contributed by atoms with Crippen molar-refractivity contribution in [1.82, 2.24) is 4.98 Å². The van der Waals surface area contributed by atoms with Gasteiger partial charge < -0.3 is 15.5 Å². The van der Waals surface area contributed by atoms with Gasteiger partial charge in [0, 0.05) is 6.20 Å². The molecule has 3 N–H and O–H groups in total. The van der Waals surface area contributed by atoms with Gasteiger partial charge >= 0.3 is 5.97 Å². The second kappa shape index (κ2) is 5.40. The molecule has 6 nitrogen and oxygen atoms in total. The van der Waals surface area contributed by atoms with Gasteiger partial charge in [-0.2, -0.15) is 0 Å². The summed E-state index contributed by atoms with van der Waals surface area (Å²) in [6.07, 6.45) is 2.48. The van der Waals surface area contributed by atoms with E-state index in [0.29, 0.717) is 5.56 Å². The molecule has 1 amide bonds. The third kappa shape index (κ3) is 2.74. The highest BCUT2D eigenvalue weighted by Gasteiger charge is 2.16. The van der Waals surface area contributed by atoms with Crippen molar-refractivity contribution in [2.24, 2.45) is 0 Å². The fourth-order valence-electron chi connectivity index (χ4n) is 1.80. The van der Waals surface area contributed by atoms with Gasteiger partial charge in [-0.05, 0) is 24.6 Å². The average molecular weight is 272 g/mol. The fourth-order valence-corrected chi connectivity index (χ4v) is 1.80. The number of nitrogens with one attached hydrogen (secondary N) is 1. The monoisotopic (exact) mass is 272 g/mol. The number of amides is 1. The molecule has 2 rings (SSSR count). The number of pyridine rings is 1. The number of carbonyl (C=O) groups is 2. The molecule has 1 heterocycles. The number of aromatic carboxylic acids is 1. The number of hydrogen-bond donors (Lipinski definition) is 3. The van der Waals surface area contributed by atoms with Crippen molar-refractivity contribution < 1.29 is 19.8 Å². The molecule has 0 aliphatic heterocycles. The first-order chi connectivity index (χ1) is 9.49. The first-order valence-electron chi connectivity index (χ1n) is 5.77. The van der Waals surface area contributed by atoms with Crippen LogP contribution in [0.4, 0.5) is 5.69 Å². The second-order valence-electron chi connectivity index (χ2n) is 4.19. The summed E-state index contributed by atoms with van der Waals surface area (Å²) in [6.45, 7) is 1.65. The van der Waals surface area contributed by atoms with Crippen LogP contribution in [-0.2, 0) is 0 Å². The number of hydrogen-bond acceptors (Lipinski definition) is 4. The molecule has 0 spiro atoms. The van der Waals surface area contributed by atoms with Crippen LogP contribution in [0.1, 0.15) is 26.3 Å². The van der Waals surface area contributed by atoms with Crippen LogP contribution in [0.3, 0.4) is 0 Å². The summed E-state index contributed by atoms with van der Waals surface area (Å²) in [4.78, 5) is 26.9. The van der Waals surface area contributed by atoms with Crippen LogP contribution in [0.5, 0.6) is 5.75 Å². The third-order valence-corrected chi connectivity index (χ3v) is 2.72. The van der Waals surface area contributed by atoms with Crippen LogP contribution in [-0.4, -0.2) is 27.1 Å². The number of aryl methyl sites for hydroxylation is 1. The Morgan fingerprint density at radius 1 is 1.25 bits per heavy atom. The standard InChI is InChI=1S/C14H12N2O4/c1-8-3-2-4-11(12(8)14(19)20)16-13(18)9-5-10(17)7-15-6-9/h2-7,17H,1H3,(H,16,18)(H,19,20). The first kappa shape index (κ1) is 13.5. The topological polar surface area (TPSA) is 99.5 Å². The van der Waals surface area contributed by atoms with Crippen LogP contribution >= 0.6 is 0 Å². The smallest absolute Gasteiger partial charge is 0.338 e. The fraction of sp³-hybridized carbons (Fsp3) is 0.0714. The summed E-state index contributed by atoms with van der Waals surface area (Å²) in [6, 6.07) is 6.05. The molecular weight excluding hydrogens is 260 g/mol. The normalized spacial score (nSPS) is 10.1. The van der Waals surface area contributed by atoms with Gasteiger partial charge in [-0.15, -0.1) is 0 Å². The quantitative estimate of drug-likeness (QED) is 0.794. The molecule has 2 aromatic rings. The van der Waals surface area contributed by atoms with E-state index in [4.69, 9.17) is 0 Å². The summed E-state index contributed by atoms with van der Waals surface area (Å²) in [7, 11) is 0. The molecule has 6 heteroatoms. The molecule has 0 aliphatic rings. The number of carbonyl (C=O) groups excluding carboxylic acids is 1. The lowest BCUT2D eigenvalue weighted by atomic mass is 10.1. The number of nitrogens with zero attached hydrogens (tertiary/aromatic N) is 1. The van der Waals surface area contributed by atoms with Gasteiger partial charge in [0.15, 0.2) is 0 Å². The van der Waals surface area contributed by atoms with Crippen molar-refractivity contribution >= 4 is 17.6 Å². The molecule has 0 bridgehead atoms.